The van der Waals surface area contributed by atoms with Gasteiger partial charge in [0.1, 0.15) is 12.4 Å². The molecule has 2 atom stereocenters. The number of rotatable bonds is 8. The van der Waals surface area contributed by atoms with Crippen LogP contribution in [-0.4, -0.2) is 65.7 Å². The zero-order valence-electron chi connectivity index (χ0n) is 22.2. The smallest absolute Gasteiger partial charge is 0.410 e. The minimum atomic E-state index is -3.91. The number of methoxy groups -OCH3 is 1. The van der Waals surface area contributed by atoms with Crippen molar-refractivity contribution in [2.24, 2.45) is 0 Å². The van der Waals surface area contributed by atoms with Crippen LogP contribution < -0.4 is 5.32 Å². The van der Waals surface area contributed by atoms with E-state index < -0.39 is 16.1 Å². The number of aromatic nitrogens is 3. The maximum atomic E-state index is 13.4. The third kappa shape index (κ3) is 5.91. The van der Waals surface area contributed by atoms with Crippen LogP contribution in [0.25, 0.3) is 11.0 Å². The molecule has 0 radical (unpaired) electrons. The van der Waals surface area contributed by atoms with E-state index in [0.717, 1.165) is 21.5 Å². The number of aryl methyl sites for hydroxylation is 1. The van der Waals surface area contributed by atoms with Gasteiger partial charge in [-0.2, -0.15) is 4.98 Å². The summed E-state index contributed by atoms with van der Waals surface area (Å²) in [7, 11) is -2.31. The van der Waals surface area contributed by atoms with E-state index in [4.69, 9.17) is 21.1 Å². The molecule has 3 heterocycles. The second-order valence-corrected chi connectivity index (χ2v) is 11.9. The van der Waals surface area contributed by atoms with Gasteiger partial charge in [0.2, 0.25) is 5.28 Å². The van der Waals surface area contributed by atoms with Crippen LogP contribution in [0, 0.1) is 6.92 Å². The lowest BCUT2D eigenvalue weighted by Gasteiger charge is -2.39. The van der Waals surface area contributed by atoms with Crippen molar-refractivity contribution in [2.75, 3.05) is 25.6 Å². The van der Waals surface area contributed by atoms with Gasteiger partial charge in [0.25, 0.3) is 10.0 Å². The molecule has 2 aromatic carbocycles. The van der Waals surface area contributed by atoms with Crippen LogP contribution in [0.1, 0.15) is 24.0 Å². The lowest BCUT2D eigenvalue weighted by Crippen LogP contribution is -2.52. The number of halogens is 1. The monoisotopic (exact) mass is 583 g/mol. The van der Waals surface area contributed by atoms with Crippen molar-refractivity contribution in [3.05, 3.63) is 83.3 Å². The van der Waals surface area contributed by atoms with Gasteiger partial charge in [0.05, 0.1) is 22.9 Å². The fourth-order valence-electron chi connectivity index (χ4n) is 4.82. The number of carbonyl (C=O) groups excluding carboxylic acids is 1. The predicted octanol–water partition coefficient (Wildman–Crippen LogP) is 4.86. The zero-order chi connectivity index (χ0) is 28.3. The first-order chi connectivity index (χ1) is 19.3. The number of piperidine rings is 1. The molecule has 1 aliphatic heterocycles. The van der Waals surface area contributed by atoms with E-state index in [-0.39, 0.29) is 34.5 Å². The van der Waals surface area contributed by atoms with Crippen molar-refractivity contribution in [3.63, 3.8) is 0 Å². The summed E-state index contributed by atoms with van der Waals surface area (Å²) in [5, 5.41) is 3.77. The number of carbonyl (C=O) groups is 1. The van der Waals surface area contributed by atoms with E-state index in [1.165, 1.54) is 6.20 Å². The number of ether oxygens (including phenoxy) is 2. The van der Waals surface area contributed by atoms with Crippen molar-refractivity contribution in [1.82, 2.24) is 18.8 Å². The van der Waals surface area contributed by atoms with Gasteiger partial charge in [-0.1, -0.05) is 48.0 Å². The van der Waals surface area contributed by atoms with Crippen LogP contribution in [0.5, 0.6) is 0 Å². The Bertz CT molecular complexity index is 1590. The topological polar surface area (TPSA) is 116 Å². The van der Waals surface area contributed by atoms with Crippen LogP contribution in [0.4, 0.5) is 10.6 Å². The number of likely N-dealkylation sites (tertiary alicyclic amines) is 1. The number of benzene rings is 2. The van der Waals surface area contributed by atoms with Gasteiger partial charge in [-0.3, -0.25) is 0 Å². The molecule has 10 nitrogen and oxygen atoms in total. The molecule has 1 aliphatic rings. The Morgan fingerprint density at radius 2 is 1.82 bits per heavy atom. The fraction of sp³-hybridized carbons (Fsp3) is 0.321. The Morgan fingerprint density at radius 3 is 2.55 bits per heavy atom. The molecule has 0 saturated carbocycles. The molecule has 210 valence electrons. The average Bonchev–Trinajstić information content (AvgIpc) is 3.38. The van der Waals surface area contributed by atoms with Gasteiger partial charge >= 0.3 is 6.09 Å². The van der Waals surface area contributed by atoms with Crippen molar-refractivity contribution >= 4 is 44.6 Å². The van der Waals surface area contributed by atoms with E-state index >= 15 is 0 Å². The van der Waals surface area contributed by atoms with Gasteiger partial charge in [-0.25, -0.2) is 22.2 Å². The van der Waals surface area contributed by atoms with Crippen molar-refractivity contribution in [3.8, 4) is 0 Å². The summed E-state index contributed by atoms with van der Waals surface area (Å²) in [6.45, 7) is 2.78. The number of hydrogen-bond donors (Lipinski definition) is 1. The number of anilines is 1. The average molecular weight is 584 g/mol. The van der Waals surface area contributed by atoms with Crippen molar-refractivity contribution in [1.29, 1.82) is 0 Å². The summed E-state index contributed by atoms with van der Waals surface area (Å²) >= 11 is 6.26. The highest BCUT2D eigenvalue weighted by molar-refractivity contribution is 7.90. The van der Waals surface area contributed by atoms with Crippen LogP contribution >= 0.6 is 11.6 Å². The van der Waals surface area contributed by atoms with E-state index in [1.807, 2.05) is 37.3 Å². The molecule has 5 rings (SSSR count). The summed E-state index contributed by atoms with van der Waals surface area (Å²) in [5.74, 6) is 0.389. The summed E-state index contributed by atoms with van der Waals surface area (Å²) in [5.41, 5.74) is 2.01. The first kappa shape index (κ1) is 27.9. The maximum absolute atomic E-state index is 13.4. The number of nitrogens with one attached hydrogen (secondary N) is 1. The highest BCUT2D eigenvalue weighted by atomic mass is 35.5. The first-order valence-corrected chi connectivity index (χ1v) is 14.7. The molecule has 0 spiro atoms. The summed E-state index contributed by atoms with van der Waals surface area (Å²) in [4.78, 5) is 23.5. The minimum absolute atomic E-state index is 0.0961. The van der Waals surface area contributed by atoms with Crippen LogP contribution in [0.2, 0.25) is 5.28 Å². The standard InChI is InChI=1S/C28H30ClN5O5S/c1-19-8-12-23(13-9-19)40(36,37)34-15-14-24-25(31-27(29)32-26(24)34)30-21-10-11-22(18-38-2)33(16-21)28(35)39-17-20-6-4-3-5-7-20/h3-9,12-15,21-22H,10-11,16-18H2,1-2H3,(H,30,31,32)/t21-,22-/m0/s1. The molecule has 1 saturated heterocycles. The molecule has 1 amide bonds. The van der Waals surface area contributed by atoms with E-state index in [9.17, 15) is 13.2 Å². The number of amides is 1. The number of nitrogens with zero attached hydrogens (tertiary/aromatic N) is 4. The molecule has 0 bridgehead atoms. The fourth-order valence-corrected chi connectivity index (χ4v) is 6.28. The Morgan fingerprint density at radius 1 is 1.07 bits per heavy atom. The Kier molecular flexibility index (Phi) is 8.24. The van der Waals surface area contributed by atoms with Gasteiger partial charge in [-0.05, 0) is 55.1 Å². The van der Waals surface area contributed by atoms with Gasteiger partial charge in [0, 0.05) is 25.9 Å². The van der Waals surface area contributed by atoms with Crippen molar-refractivity contribution in [2.45, 2.75) is 43.4 Å². The summed E-state index contributed by atoms with van der Waals surface area (Å²) < 4.78 is 38.8. The summed E-state index contributed by atoms with van der Waals surface area (Å²) in [6, 6.07) is 17.4. The number of hydrogen-bond acceptors (Lipinski definition) is 8. The Labute approximate surface area is 237 Å². The highest BCUT2D eigenvalue weighted by Crippen LogP contribution is 2.29. The molecular weight excluding hydrogens is 554 g/mol. The van der Waals surface area contributed by atoms with Crippen molar-refractivity contribution < 1.29 is 22.7 Å². The SMILES string of the molecule is COC[C@@H]1CC[C@H](Nc2nc(Cl)nc3c2ccn3S(=O)(=O)c2ccc(C)cc2)CN1C(=O)OCc1ccccc1. The molecule has 0 aliphatic carbocycles. The van der Waals surface area contributed by atoms with Crippen LogP contribution in [0.15, 0.2) is 71.8 Å². The molecule has 1 fully saturated rings. The molecular formula is C28H30ClN5O5S. The molecule has 40 heavy (non-hydrogen) atoms. The first-order valence-electron chi connectivity index (χ1n) is 12.9. The third-order valence-corrected chi connectivity index (χ3v) is 8.76. The van der Waals surface area contributed by atoms with Crippen LogP contribution in [-0.2, 0) is 26.1 Å². The molecule has 1 N–H and O–H groups in total. The van der Waals surface area contributed by atoms with Gasteiger partial charge in [-0.15, -0.1) is 0 Å². The minimum Gasteiger partial charge on any atom is -0.445 e. The highest BCUT2D eigenvalue weighted by Gasteiger charge is 2.33. The van der Waals surface area contributed by atoms with E-state index in [2.05, 4.69) is 15.3 Å². The van der Waals surface area contributed by atoms with Gasteiger partial charge < -0.3 is 19.7 Å². The molecule has 0 unspecified atom stereocenters. The molecule has 12 heteroatoms. The van der Waals surface area contributed by atoms with Crippen LogP contribution in [0.3, 0.4) is 0 Å². The van der Waals surface area contributed by atoms with E-state index in [0.29, 0.717) is 30.8 Å². The normalized spacial score (nSPS) is 17.6. The Hall–Kier alpha value is -3.67. The van der Waals surface area contributed by atoms with Gasteiger partial charge in [0.15, 0.2) is 5.65 Å². The quantitative estimate of drug-likeness (QED) is 0.292. The lowest BCUT2D eigenvalue weighted by atomic mass is 9.99. The number of fused-ring (bicyclic) bond motifs is 1. The second kappa shape index (κ2) is 11.8. The second-order valence-electron chi connectivity index (χ2n) is 9.73. The molecule has 4 aromatic rings. The largest absolute Gasteiger partial charge is 0.445 e. The zero-order valence-corrected chi connectivity index (χ0v) is 23.7. The maximum Gasteiger partial charge on any atom is 0.410 e. The Balaban J connectivity index is 1.37. The lowest BCUT2D eigenvalue weighted by molar-refractivity contribution is 0.0368. The van der Waals surface area contributed by atoms with E-state index in [1.54, 1.807) is 42.3 Å². The third-order valence-electron chi connectivity index (χ3n) is 6.91. The summed E-state index contributed by atoms with van der Waals surface area (Å²) in [6.07, 6.45) is 2.41. The molecule has 2 aromatic heterocycles. The predicted molar refractivity (Wildman–Crippen MR) is 152 cm³/mol.